The third-order valence-electron chi connectivity index (χ3n) is 4.06. The normalized spacial score (nSPS) is 17.4. The van der Waals surface area contributed by atoms with Crippen LogP contribution in [0, 0.1) is 5.41 Å². The van der Waals surface area contributed by atoms with Crippen molar-refractivity contribution in [1.29, 1.82) is 0 Å². The largest absolute Gasteiger partial charge is 0.381 e. The zero-order chi connectivity index (χ0) is 15.6. The molecule has 1 N–H and O–H groups in total. The van der Waals surface area contributed by atoms with E-state index in [9.17, 15) is 4.79 Å². The van der Waals surface area contributed by atoms with Crippen LogP contribution in [0.15, 0.2) is 17.8 Å². The van der Waals surface area contributed by atoms with E-state index in [0.29, 0.717) is 12.2 Å². The summed E-state index contributed by atoms with van der Waals surface area (Å²) in [5.74, 6) is -0.112. The molecule has 7 heteroatoms. The van der Waals surface area contributed by atoms with Crippen LogP contribution in [0.3, 0.4) is 0 Å². The van der Waals surface area contributed by atoms with Gasteiger partial charge in [-0.1, -0.05) is 6.92 Å². The molecular weight excluding hydrogens is 300 g/mol. The van der Waals surface area contributed by atoms with E-state index < -0.39 is 0 Å². The molecule has 0 aliphatic carbocycles. The van der Waals surface area contributed by atoms with Crippen molar-refractivity contribution in [3.63, 3.8) is 0 Å². The number of thiazole rings is 1. The lowest BCUT2D eigenvalue weighted by molar-refractivity contribution is 0.0238. The molecule has 22 heavy (non-hydrogen) atoms. The Morgan fingerprint density at radius 1 is 1.50 bits per heavy atom. The highest BCUT2D eigenvalue weighted by Gasteiger charge is 2.28. The average molecular weight is 320 g/mol. The fraction of sp³-hybridized carbons (Fsp3) is 0.533. The van der Waals surface area contributed by atoms with Gasteiger partial charge in [0.1, 0.15) is 10.7 Å². The van der Waals surface area contributed by atoms with Crippen molar-refractivity contribution in [2.45, 2.75) is 19.8 Å². The summed E-state index contributed by atoms with van der Waals surface area (Å²) in [7, 11) is 1.86. The van der Waals surface area contributed by atoms with Gasteiger partial charge < -0.3 is 10.1 Å². The number of hydrogen-bond acceptors (Lipinski definition) is 5. The van der Waals surface area contributed by atoms with Crippen LogP contribution in [0.4, 0.5) is 0 Å². The topological polar surface area (TPSA) is 69.0 Å². The first-order valence-electron chi connectivity index (χ1n) is 7.36. The molecule has 2 aromatic rings. The molecule has 0 aromatic carbocycles. The quantitative estimate of drug-likeness (QED) is 0.936. The van der Waals surface area contributed by atoms with Gasteiger partial charge >= 0.3 is 0 Å². The van der Waals surface area contributed by atoms with Crippen molar-refractivity contribution in [1.82, 2.24) is 20.1 Å². The van der Waals surface area contributed by atoms with Gasteiger partial charge in [0.05, 0.1) is 6.20 Å². The molecular formula is C15H20N4O2S. The molecule has 3 heterocycles. The van der Waals surface area contributed by atoms with Crippen LogP contribution in [-0.4, -0.2) is 40.4 Å². The fourth-order valence-electron chi connectivity index (χ4n) is 2.47. The van der Waals surface area contributed by atoms with E-state index >= 15 is 0 Å². The third kappa shape index (κ3) is 3.36. The van der Waals surface area contributed by atoms with Crippen LogP contribution in [-0.2, 0) is 11.8 Å². The number of amides is 1. The Morgan fingerprint density at radius 3 is 2.95 bits per heavy atom. The molecule has 6 nitrogen and oxygen atoms in total. The first kappa shape index (κ1) is 15.2. The van der Waals surface area contributed by atoms with Gasteiger partial charge in [0.25, 0.3) is 5.91 Å². The fourth-order valence-corrected chi connectivity index (χ4v) is 3.24. The second kappa shape index (κ2) is 6.18. The minimum atomic E-state index is -0.112. The van der Waals surface area contributed by atoms with Gasteiger partial charge in [-0.3, -0.25) is 9.48 Å². The number of carbonyl (C=O) groups is 1. The van der Waals surface area contributed by atoms with Crippen molar-refractivity contribution < 1.29 is 9.53 Å². The number of aromatic nitrogens is 3. The Morgan fingerprint density at radius 2 is 2.27 bits per heavy atom. The summed E-state index contributed by atoms with van der Waals surface area (Å²) in [6, 6.07) is 0. The van der Waals surface area contributed by atoms with Gasteiger partial charge in [-0.15, -0.1) is 11.3 Å². The number of nitrogens with one attached hydrogen (secondary N) is 1. The van der Waals surface area contributed by atoms with E-state index in [1.807, 2.05) is 13.2 Å². The number of hydrogen-bond donors (Lipinski definition) is 1. The summed E-state index contributed by atoms with van der Waals surface area (Å²) in [5.41, 5.74) is 1.53. The Bertz CT molecular complexity index is 658. The van der Waals surface area contributed by atoms with Crippen molar-refractivity contribution in [2.75, 3.05) is 19.8 Å². The van der Waals surface area contributed by atoms with Crippen molar-refractivity contribution in [3.05, 3.63) is 23.5 Å². The van der Waals surface area contributed by atoms with Gasteiger partial charge in [-0.25, -0.2) is 4.98 Å². The van der Waals surface area contributed by atoms with E-state index in [0.717, 1.165) is 36.6 Å². The molecule has 1 saturated heterocycles. The highest BCUT2D eigenvalue weighted by molar-refractivity contribution is 7.13. The van der Waals surface area contributed by atoms with E-state index in [1.165, 1.54) is 11.3 Å². The van der Waals surface area contributed by atoms with E-state index in [2.05, 4.69) is 22.3 Å². The molecule has 2 aromatic heterocycles. The monoisotopic (exact) mass is 320 g/mol. The lowest BCUT2D eigenvalue weighted by Gasteiger charge is -2.33. The minimum Gasteiger partial charge on any atom is -0.381 e. The predicted molar refractivity (Wildman–Crippen MR) is 84.8 cm³/mol. The first-order chi connectivity index (χ1) is 10.6. The van der Waals surface area contributed by atoms with Gasteiger partial charge in [0, 0.05) is 43.9 Å². The van der Waals surface area contributed by atoms with Crippen LogP contribution >= 0.6 is 11.3 Å². The maximum absolute atomic E-state index is 12.3. The lowest BCUT2D eigenvalue weighted by atomic mass is 9.82. The highest BCUT2D eigenvalue weighted by atomic mass is 32.1. The lowest BCUT2D eigenvalue weighted by Crippen LogP contribution is -2.39. The number of nitrogens with zero attached hydrogens (tertiary/aromatic N) is 3. The minimum absolute atomic E-state index is 0.112. The van der Waals surface area contributed by atoms with E-state index in [4.69, 9.17) is 4.74 Å². The van der Waals surface area contributed by atoms with Crippen LogP contribution < -0.4 is 5.32 Å². The molecule has 1 fully saturated rings. The smallest absolute Gasteiger partial charge is 0.270 e. The summed E-state index contributed by atoms with van der Waals surface area (Å²) in [5, 5.41) is 9.74. The Labute approximate surface area is 133 Å². The van der Waals surface area contributed by atoms with Crippen LogP contribution in [0.25, 0.3) is 10.6 Å². The van der Waals surface area contributed by atoms with E-state index in [-0.39, 0.29) is 11.3 Å². The molecule has 1 amide bonds. The second-order valence-electron chi connectivity index (χ2n) is 6.05. The molecule has 0 spiro atoms. The Balaban J connectivity index is 1.62. The zero-order valence-electron chi connectivity index (χ0n) is 12.8. The summed E-state index contributed by atoms with van der Waals surface area (Å²) >= 11 is 1.46. The Kier molecular flexibility index (Phi) is 4.26. The molecule has 1 aliphatic heterocycles. The SMILES string of the molecule is Cn1cc(-c2nc(C(=O)NCC3(C)CCOCC3)cs2)cn1. The van der Waals surface area contributed by atoms with E-state index in [1.54, 1.807) is 16.3 Å². The molecule has 0 atom stereocenters. The first-order valence-corrected chi connectivity index (χ1v) is 8.24. The molecule has 1 aliphatic rings. The van der Waals surface area contributed by atoms with Crippen molar-refractivity contribution >= 4 is 17.2 Å². The second-order valence-corrected chi connectivity index (χ2v) is 6.90. The predicted octanol–water partition coefficient (Wildman–Crippen LogP) is 2.09. The zero-order valence-corrected chi connectivity index (χ0v) is 13.7. The summed E-state index contributed by atoms with van der Waals surface area (Å²) in [4.78, 5) is 16.7. The number of aryl methyl sites for hydroxylation is 1. The molecule has 0 radical (unpaired) electrons. The number of rotatable bonds is 4. The maximum atomic E-state index is 12.3. The molecule has 3 rings (SSSR count). The summed E-state index contributed by atoms with van der Waals surface area (Å²) < 4.78 is 7.10. The van der Waals surface area contributed by atoms with Gasteiger partial charge in [-0.2, -0.15) is 5.10 Å². The third-order valence-corrected chi connectivity index (χ3v) is 4.96. The van der Waals surface area contributed by atoms with Crippen LogP contribution in [0.5, 0.6) is 0 Å². The maximum Gasteiger partial charge on any atom is 0.270 e. The summed E-state index contributed by atoms with van der Waals surface area (Å²) in [6.07, 6.45) is 5.60. The Hall–Kier alpha value is -1.73. The molecule has 118 valence electrons. The average Bonchev–Trinajstić information content (AvgIpc) is 3.14. The number of ether oxygens (including phenoxy) is 1. The molecule has 0 bridgehead atoms. The number of carbonyl (C=O) groups excluding carboxylic acids is 1. The molecule has 0 unspecified atom stereocenters. The van der Waals surface area contributed by atoms with Crippen LogP contribution in [0.1, 0.15) is 30.3 Å². The van der Waals surface area contributed by atoms with Crippen molar-refractivity contribution in [2.24, 2.45) is 12.5 Å². The van der Waals surface area contributed by atoms with Gasteiger partial charge in [0.15, 0.2) is 0 Å². The molecule has 0 saturated carbocycles. The summed E-state index contributed by atoms with van der Waals surface area (Å²) in [6.45, 7) is 4.40. The van der Waals surface area contributed by atoms with Crippen molar-refractivity contribution in [3.8, 4) is 10.6 Å². The van der Waals surface area contributed by atoms with Gasteiger partial charge in [-0.05, 0) is 18.3 Å². The van der Waals surface area contributed by atoms with Gasteiger partial charge in [0.2, 0.25) is 0 Å². The van der Waals surface area contributed by atoms with Crippen LogP contribution in [0.2, 0.25) is 0 Å². The standard InChI is InChI=1S/C15H20N4O2S/c1-15(3-5-21-6-4-15)10-16-13(20)12-9-22-14(18-12)11-7-17-19(2)8-11/h7-9H,3-6,10H2,1-2H3,(H,16,20). The highest BCUT2D eigenvalue weighted by Crippen LogP contribution is 2.29.